The number of H-pyrrole nitrogens is 1. The summed E-state index contributed by atoms with van der Waals surface area (Å²) >= 11 is 5.98. The van der Waals surface area contributed by atoms with Crippen LogP contribution in [0.5, 0.6) is 0 Å². The van der Waals surface area contributed by atoms with Crippen molar-refractivity contribution >= 4 is 28.7 Å². The van der Waals surface area contributed by atoms with Crippen LogP contribution in [0, 0.1) is 0 Å². The molecule has 3 rings (SSSR count). The summed E-state index contributed by atoms with van der Waals surface area (Å²) in [4.78, 5) is 35.8. The highest BCUT2D eigenvalue weighted by atomic mass is 35.5. The van der Waals surface area contributed by atoms with Crippen LogP contribution >= 0.6 is 11.6 Å². The van der Waals surface area contributed by atoms with Gasteiger partial charge in [-0.15, -0.1) is 0 Å². The molecule has 0 spiro atoms. The number of piperazine rings is 1. The number of aromatic nitrogens is 4. The van der Waals surface area contributed by atoms with Gasteiger partial charge in [0.05, 0.1) is 0 Å². The van der Waals surface area contributed by atoms with Crippen molar-refractivity contribution in [2.45, 2.75) is 20.4 Å². The smallest absolute Gasteiger partial charge is 0.329 e. The van der Waals surface area contributed by atoms with E-state index in [0.717, 1.165) is 32.7 Å². The lowest BCUT2D eigenvalue weighted by Gasteiger charge is -2.34. The second-order valence-electron chi connectivity index (χ2n) is 6.23. The summed E-state index contributed by atoms with van der Waals surface area (Å²) in [7, 11) is 1.61. The summed E-state index contributed by atoms with van der Waals surface area (Å²) in [6.07, 6.45) is 1.83. The summed E-state index contributed by atoms with van der Waals surface area (Å²) in [5.41, 5.74) is -0.107. The second kappa shape index (κ2) is 7.05. The minimum atomic E-state index is -0.464. The Morgan fingerprint density at radius 1 is 1.28 bits per heavy atom. The predicted octanol–water partition coefficient (Wildman–Crippen LogP) is 0.708. The van der Waals surface area contributed by atoms with Crippen molar-refractivity contribution in [2.75, 3.05) is 37.6 Å². The van der Waals surface area contributed by atoms with Crippen LogP contribution in [0.4, 0.5) is 5.95 Å². The molecule has 136 valence electrons. The van der Waals surface area contributed by atoms with E-state index in [9.17, 15) is 9.59 Å². The van der Waals surface area contributed by atoms with E-state index >= 15 is 0 Å². The molecular weight excluding hydrogens is 344 g/mol. The van der Waals surface area contributed by atoms with E-state index in [4.69, 9.17) is 11.6 Å². The van der Waals surface area contributed by atoms with Crippen molar-refractivity contribution in [2.24, 2.45) is 7.05 Å². The molecule has 1 aliphatic heterocycles. The number of nitrogens with zero attached hydrogens (tertiary/aromatic N) is 5. The molecule has 1 aliphatic rings. The quantitative estimate of drug-likeness (QED) is 0.862. The van der Waals surface area contributed by atoms with Gasteiger partial charge in [0.15, 0.2) is 11.2 Å². The highest BCUT2D eigenvalue weighted by molar-refractivity contribution is 6.29. The molecule has 0 unspecified atom stereocenters. The Labute approximate surface area is 150 Å². The van der Waals surface area contributed by atoms with Gasteiger partial charge in [-0.3, -0.25) is 14.3 Å². The van der Waals surface area contributed by atoms with Crippen LogP contribution in [0.3, 0.4) is 0 Å². The largest absolute Gasteiger partial charge is 0.340 e. The van der Waals surface area contributed by atoms with Gasteiger partial charge in [0.25, 0.3) is 5.56 Å². The van der Waals surface area contributed by atoms with Gasteiger partial charge >= 0.3 is 5.69 Å². The first-order chi connectivity index (χ1) is 11.9. The van der Waals surface area contributed by atoms with Crippen molar-refractivity contribution in [1.82, 2.24) is 24.0 Å². The number of anilines is 1. The normalized spacial score (nSPS) is 16.8. The number of nitrogens with one attached hydrogen (secondary N) is 1. The van der Waals surface area contributed by atoms with Gasteiger partial charge < -0.3 is 14.4 Å². The van der Waals surface area contributed by atoms with Crippen LogP contribution in [0.1, 0.15) is 13.8 Å². The van der Waals surface area contributed by atoms with Gasteiger partial charge in [-0.25, -0.2) is 4.79 Å². The molecule has 25 heavy (non-hydrogen) atoms. The van der Waals surface area contributed by atoms with Crippen molar-refractivity contribution in [1.29, 1.82) is 0 Å². The number of halogens is 1. The molecule has 0 atom stereocenters. The lowest BCUT2D eigenvalue weighted by Crippen LogP contribution is -2.47. The van der Waals surface area contributed by atoms with E-state index in [1.165, 1.54) is 4.57 Å². The number of rotatable bonds is 4. The van der Waals surface area contributed by atoms with Crippen LogP contribution in [-0.2, 0) is 13.6 Å². The van der Waals surface area contributed by atoms with Crippen LogP contribution in [-0.4, -0.2) is 56.7 Å². The van der Waals surface area contributed by atoms with Gasteiger partial charge in [0, 0.05) is 44.8 Å². The molecule has 8 nitrogen and oxygen atoms in total. The third kappa shape index (κ3) is 3.36. The highest BCUT2D eigenvalue weighted by Gasteiger charge is 2.24. The average Bonchev–Trinajstić information content (AvgIpc) is 2.98. The fourth-order valence-electron chi connectivity index (χ4n) is 3.12. The van der Waals surface area contributed by atoms with Gasteiger partial charge in [0.2, 0.25) is 5.95 Å². The number of hydrogen-bond donors (Lipinski definition) is 1. The third-order valence-corrected chi connectivity index (χ3v) is 4.80. The molecule has 1 fully saturated rings. The molecule has 1 saturated heterocycles. The third-order valence-electron chi connectivity index (χ3n) is 4.64. The zero-order valence-electron chi connectivity index (χ0n) is 14.8. The van der Waals surface area contributed by atoms with Crippen molar-refractivity contribution in [3.8, 4) is 0 Å². The van der Waals surface area contributed by atoms with Crippen LogP contribution in [0.2, 0.25) is 0 Å². The first-order valence-electron chi connectivity index (χ1n) is 8.41. The lowest BCUT2D eigenvalue weighted by molar-refractivity contribution is 0.269. The Morgan fingerprint density at radius 3 is 2.56 bits per heavy atom. The van der Waals surface area contributed by atoms with Crippen molar-refractivity contribution in [3.63, 3.8) is 0 Å². The number of fused-ring (bicyclic) bond motifs is 1. The Kier molecular flexibility index (Phi) is 5.01. The standard InChI is InChI=1S/C16H23ClN6O2/c1-4-21-7-9-22(10-8-21)15-18-13-12(23(15)6-5-11(2)17)14(24)19-16(25)20(13)3/h5H,4,6-10H2,1-3H3,(H,19,24,25)/b11-5-. The van der Waals surface area contributed by atoms with Crippen molar-refractivity contribution < 1.29 is 0 Å². The maximum absolute atomic E-state index is 12.4. The molecule has 9 heteroatoms. The van der Waals surface area contributed by atoms with Crippen LogP contribution in [0.25, 0.3) is 11.2 Å². The number of likely N-dealkylation sites (N-methyl/N-ethyl adjacent to an activating group) is 1. The maximum atomic E-state index is 12.4. The second-order valence-corrected chi connectivity index (χ2v) is 6.82. The molecule has 0 amide bonds. The fourth-order valence-corrected chi connectivity index (χ4v) is 3.19. The molecule has 1 N–H and O–H groups in total. The molecule has 0 aliphatic carbocycles. The number of aromatic amines is 1. The molecule has 2 aromatic heterocycles. The summed E-state index contributed by atoms with van der Waals surface area (Å²) in [5.74, 6) is 0.701. The van der Waals surface area contributed by atoms with E-state index in [1.807, 2.05) is 10.6 Å². The molecule has 0 aromatic carbocycles. The summed E-state index contributed by atoms with van der Waals surface area (Å²) < 4.78 is 3.21. The van der Waals surface area contributed by atoms with Crippen LogP contribution in [0.15, 0.2) is 20.7 Å². The van der Waals surface area contributed by atoms with E-state index in [2.05, 4.69) is 26.7 Å². The highest BCUT2D eigenvalue weighted by Crippen LogP contribution is 2.21. The van der Waals surface area contributed by atoms with Gasteiger partial charge in [-0.1, -0.05) is 24.6 Å². The van der Waals surface area contributed by atoms with Crippen molar-refractivity contribution in [3.05, 3.63) is 31.9 Å². The average molecular weight is 367 g/mol. The Bertz CT molecular complexity index is 913. The van der Waals surface area contributed by atoms with E-state index in [1.54, 1.807) is 14.0 Å². The zero-order valence-corrected chi connectivity index (χ0v) is 15.5. The number of imidazole rings is 1. The minimum Gasteiger partial charge on any atom is -0.340 e. The first-order valence-corrected chi connectivity index (χ1v) is 8.79. The van der Waals surface area contributed by atoms with E-state index < -0.39 is 11.2 Å². The Balaban J connectivity index is 2.13. The number of hydrogen-bond acceptors (Lipinski definition) is 5. The number of aryl methyl sites for hydroxylation is 1. The molecule has 2 aromatic rings. The molecule has 3 heterocycles. The fraction of sp³-hybridized carbons (Fsp3) is 0.562. The number of allylic oxidation sites excluding steroid dienone is 2. The van der Waals surface area contributed by atoms with E-state index in [-0.39, 0.29) is 0 Å². The summed E-state index contributed by atoms with van der Waals surface area (Å²) in [6, 6.07) is 0. The van der Waals surface area contributed by atoms with E-state index in [0.29, 0.717) is 28.7 Å². The topological polar surface area (TPSA) is 79.2 Å². The monoisotopic (exact) mass is 366 g/mol. The Hall–Kier alpha value is -2.06. The predicted molar refractivity (Wildman–Crippen MR) is 99.5 cm³/mol. The van der Waals surface area contributed by atoms with Crippen LogP contribution < -0.4 is 16.1 Å². The van der Waals surface area contributed by atoms with Gasteiger partial charge in [-0.2, -0.15) is 4.98 Å². The summed E-state index contributed by atoms with van der Waals surface area (Å²) in [5, 5.41) is 0.643. The summed E-state index contributed by atoms with van der Waals surface area (Å²) in [6.45, 7) is 8.93. The van der Waals surface area contributed by atoms with Gasteiger partial charge in [-0.05, 0) is 13.5 Å². The zero-order chi connectivity index (χ0) is 18.1. The lowest BCUT2D eigenvalue weighted by atomic mass is 10.3. The molecule has 0 bridgehead atoms. The first kappa shape index (κ1) is 17.8. The Morgan fingerprint density at radius 2 is 1.96 bits per heavy atom. The molecular formula is C16H23ClN6O2. The van der Waals surface area contributed by atoms with Gasteiger partial charge in [0.1, 0.15) is 0 Å². The molecule has 0 saturated carbocycles. The maximum Gasteiger partial charge on any atom is 0.329 e. The SMILES string of the molecule is CCN1CCN(c2nc3c(c(=O)[nH]c(=O)n3C)n2C/C=C(/C)Cl)CC1. The molecule has 0 radical (unpaired) electrons. The minimum absolute atomic E-state index is 0.391.